The van der Waals surface area contributed by atoms with Gasteiger partial charge in [-0.2, -0.15) is 0 Å². The van der Waals surface area contributed by atoms with Gasteiger partial charge in [0.1, 0.15) is 6.04 Å². The minimum absolute atomic E-state index is 0.0441. The van der Waals surface area contributed by atoms with Crippen molar-refractivity contribution >= 4 is 5.69 Å². The Labute approximate surface area is 150 Å². The SMILES string of the molecule is CC[C@H](c1nnnn1C(C)(C)CC)[NH+]1CCN(c2ccccc2)CC1. The van der Waals surface area contributed by atoms with Crippen molar-refractivity contribution in [1.29, 1.82) is 0 Å². The molecule has 6 nitrogen and oxygen atoms in total. The van der Waals surface area contributed by atoms with E-state index in [4.69, 9.17) is 0 Å². The van der Waals surface area contributed by atoms with Crippen LogP contribution in [0.1, 0.15) is 52.4 Å². The molecule has 1 N–H and O–H groups in total. The summed E-state index contributed by atoms with van der Waals surface area (Å²) in [7, 11) is 0. The maximum atomic E-state index is 4.42. The molecule has 0 saturated carbocycles. The van der Waals surface area contributed by atoms with Crippen LogP contribution in [0.15, 0.2) is 30.3 Å². The van der Waals surface area contributed by atoms with Crippen LogP contribution in [0.2, 0.25) is 0 Å². The van der Waals surface area contributed by atoms with Gasteiger partial charge >= 0.3 is 0 Å². The van der Waals surface area contributed by atoms with Gasteiger partial charge in [-0.05, 0) is 42.8 Å². The summed E-state index contributed by atoms with van der Waals surface area (Å²) in [6.07, 6.45) is 2.07. The Morgan fingerprint density at radius 1 is 1.12 bits per heavy atom. The molecule has 0 amide bonds. The van der Waals surface area contributed by atoms with Gasteiger partial charge in [-0.25, -0.2) is 4.68 Å². The number of hydrogen-bond acceptors (Lipinski definition) is 4. The second kappa shape index (κ2) is 7.52. The Hall–Kier alpha value is -1.95. The summed E-state index contributed by atoms with van der Waals surface area (Å²) in [4.78, 5) is 4.08. The molecule has 0 unspecified atom stereocenters. The highest BCUT2D eigenvalue weighted by Crippen LogP contribution is 2.22. The zero-order valence-electron chi connectivity index (χ0n) is 15.9. The lowest BCUT2D eigenvalue weighted by molar-refractivity contribution is -0.933. The van der Waals surface area contributed by atoms with Gasteiger partial charge in [0.05, 0.1) is 31.7 Å². The number of nitrogens with zero attached hydrogens (tertiary/aromatic N) is 5. The lowest BCUT2D eigenvalue weighted by Crippen LogP contribution is -3.15. The summed E-state index contributed by atoms with van der Waals surface area (Å²) >= 11 is 0. The number of para-hydroxylation sites is 1. The molecule has 6 heteroatoms. The number of nitrogens with one attached hydrogen (secondary N) is 1. The molecule has 1 atom stereocenters. The largest absolute Gasteiger partial charge is 0.360 e. The van der Waals surface area contributed by atoms with Crippen molar-refractivity contribution in [3.05, 3.63) is 36.2 Å². The second-order valence-electron chi connectivity index (χ2n) is 7.56. The number of hydrogen-bond donors (Lipinski definition) is 1. The van der Waals surface area contributed by atoms with Crippen LogP contribution in [0.4, 0.5) is 5.69 Å². The monoisotopic (exact) mass is 343 g/mol. The number of quaternary nitrogens is 1. The molecule has 136 valence electrons. The van der Waals surface area contributed by atoms with E-state index < -0.39 is 0 Å². The molecule has 1 aromatic heterocycles. The highest BCUT2D eigenvalue weighted by molar-refractivity contribution is 5.46. The summed E-state index contributed by atoms with van der Waals surface area (Å²) in [5.41, 5.74) is 1.28. The average Bonchev–Trinajstić information content (AvgIpc) is 3.14. The maximum absolute atomic E-state index is 4.42. The van der Waals surface area contributed by atoms with Crippen molar-refractivity contribution in [3.63, 3.8) is 0 Å². The van der Waals surface area contributed by atoms with Gasteiger partial charge in [-0.1, -0.05) is 32.0 Å². The number of anilines is 1. The van der Waals surface area contributed by atoms with Crippen LogP contribution >= 0.6 is 0 Å². The summed E-state index contributed by atoms with van der Waals surface area (Å²) in [6.45, 7) is 13.3. The Morgan fingerprint density at radius 2 is 1.80 bits per heavy atom. The van der Waals surface area contributed by atoms with Crippen LogP contribution in [0.25, 0.3) is 0 Å². The third-order valence-corrected chi connectivity index (χ3v) is 5.67. The zero-order chi connectivity index (χ0) is 17.9. The lowest BCUT2D eigenvalue weighted by atomic mass is 10.0. The van der Waals surface area contributed by atoms with Crippen LogP contribution in [0.3, 0.4) is 0 Å². The van der Waals surface area contributed by atoms with E-state index in [0.717, 1.165) is 44.8 Å². The van der Waals surface area contributed by atoms with Gasteiger partial charge in [0.25, 0.3) is 0 Å². The smallest absolute Gasteiger partial charge is 0.209 e. The molecule has 1 aliphatic heterocycles. The molecule has 1 fully saturated rings. The fourth-order valence-corrected chi connectivity index (χ4v) is 3.69. The van der Waals surface area contributed by atoms with E-state index in [-0.39, 0.29) is 5.54 Å². The fourth-order valence-electron chi connectivity index (χ4n) is 3.69. The van der Waals surface area contributed by atoms with Crippen LogP contribution in [0, 0.1) is 0 Å². The minimum Gasteiger partial charge on any atom is -0.360 e. The van der Waals surface area contributed by atoms with Crippen molar-refractivity contribution in [1.82, 2.24) is 20.2 Å². The van der Waals surface area contributed by atoms with Crippen LogP contribution < -0.4 is 9.80 Å². The first-order chi connectivity index (χ1) is 12.1. The van der Waals surface area contributed by atoms with Gasteiger partial charge in [0.2, 0.25) is 5.82 Å². The first-order valence-electron chi connectivity index (χ1n) is 9.50. The van der Waals surface area contributed by atoms with E-state index in [1.165, 1.54) is 5.69 Å². The van der Waals surface area contributed by atoms with Crippen molar-refractivity contribution in [2.75, 3.05) is 31.1 Å². The number of rotatable bonds is 6. The molecule has 0 radical (unpaired) electrons. The Balaban J connectivity index is 1.73. The van der Waals surface area contributed by atoms with Gasteiger partial charge in [-0.15, -0.1) is 5.10 Å². The Morgan fingerprint density at radius 3 is 2.40 bits per heavy atom. The van der Waals surface area contributed by atoms with Crippen molar-refractivity contribution < 1.29 is 4.90 Å². The average molecular weight is 343 g/mol. The predicted molar refractivity (Wildman–Crippen MR) is 99.8 cm³/mol. The number of aromatic nitrogens is 4. The van der Waals surface area contributed by atoms with Crippen molar-refractivity contribution in [2.45, 2.75) is 52.1 Å². The van der Waals surface area contributed by atoms with E-state index in [1.807, 2.05) is 0 Å². The molecule has 0 bridgehead atoms. The molecule has 1 aromatic carbocycles. The first kappa shape index (κ1) is 17.9. The van der Waals surface area contributed by atoms with E-state index in [0.29, 0.717) is 6.04 Å². The van der Waals surface area contributed by atoms with Crippen LogP contribution in [0.5, 0.6) is 0 Å². The number of tetrazole rings is 1. The summed E-state index contributed by atoms with van der Waals surface area (Å²) < 4.78 is 2.05. The van der Waals surface area contributed by atoms with E-state index in [2.05, 4.69) is 83.1 Å². The highest BCUT2D eigenvalue weighted by atomic mass is 15.6. The molecule has 0 spiro atoms. The Kier molecular flexibility index (Phi) is 5.37. The van der Waals surface area contributed by atoms with Crippen LogP contribution in [-0.2, 0) is 5.54 Å². The second-order valence-corrected chi connectivity index (χ2v) is 7.56. The lowest BCUT2D eigenvalue weighted by Gasteiger charge is -2.37. The van der Waals surface area contributed by atoms with Gasteiger partial charge in [-0.3, -0.25) is 0 Å². The number of piperazine rings is 1. The maximum Gasteiger partial charge on any atom is 0.209 e. The predicted octanol–water partition coefficient (Wildman–Crippen LogP) is 1.67. The van der Waals surface area contributed by atoms with Crippen molar-refractivity contribution in [2.24, 2.45) is 0 Å². The quantitative estimate of drug-likeness (QED) is 0.867. The van der Waals surface area contributed by atoms with Gasteiger partial charge in [0, 0.05) is 12.1 Å². The topological polar surface area (TPSA) is 51.3 Å². The minimum atomic E-state index is -0.0441. The highest BCUT2D eigenvalue weighted by Gasteiger charge is 2.34. The Bertz CT molecular complexity index is 658. The van der Waals surface area contributed by atoms with Crippen LogP contribution in [-0.4, -0.2) is 46.4 Å². The molecule has 3 rings (SSSR count). The molecular weight excluding hydrogens is 312 g/mol. The van der Waals surface area contributed by atoms with Crippen molar-refractivity contribution in [3.8, 4) is 0 Å². The molecule has 2 aromatic rings. The standard InChI is InChI=1S/C19H30N6/c1-5-17(18-20-21-22-25(18)19(3,4)6-2)24-14-12-23(13-15-24)16-10-8-7-9-11-16/h7-11,17H,5-6,12-15H2,1-4H3/p+1/t17-/m1/s1. The van der Waals surface area contributed by atoms with E-state index in [1.54, 1.807) is 4.90 Å². The molecule has 25 heavy (non-hydrogen) atoms. The zero-order valence-corrected chi connectivity index (χ0v) is 15.9. The number of benzene rings is 1. The molecular formula is C19H31N6+. The molecule has 1 aliphatic rings. The third kappa shape index (κ3) is 3.68. The third-order valence-electron chi connectivity index (χ3n) is 5.67. The van der Waals surface area contributed by atoms with Gasteiger partial charge in [0.15, 0.2) is 0 Å². The normalized spacial score (nSPS) is 17.7. The summed E-state index contributed by atoms with van der Waals surface area (Å²) in [6, 6.07) is 11.1. The molecule has 0 aliphatic carbocycles. The summed E-state index contributed by atoms with van der Waals surface area (Å²) in [5, 5.41) is 12.7. The first-order valence-corrected chi connectivity index (χ1v) is 9.50. The van der Waals surface area contributed by atoms with E-state index >= 15 is 0 Å². The molecule has 1 saturated heterocycles. The summed E-state index contributed by atoms with van der Waals surface area (Å²) in [5.74, 6) is 1.04. The van der Waals surface area contributed by atoms with E-state index in [9.17, 15) is 0 Å². The molecule has 2 heterocycles. The van der Waals surface area contributed by atoms with Gasteiger partial charge < -0.3 is 9.80 Å². The fraction of sp³-hybridized carbons (Fsp3) is 0.632.